The molecule has 0 fully saturated rings. The van der Waals surface area contributed by atoms with E-state index in [1.165, 1.54) is 12.1 Å². The molecule has 31 heavy (non-hydrogen) atoms. The Balaban J connectivity index is 1.62. The van der Waals surface area contributed by atoms with E-state index in [-0.39, 0.29) is 17.4 Å². The van der Waals surface area contributed by atoms with Crippen LogP contribution in [0.5, 0.6) is 5.75 Å². The molecule has 0 saturated heterocycles. The van der Waals surface area contributed by atoms with Crippen LogP contribution in [0.3, 0.4) is 0 Å². The zero-order chi connectivity index (χ0) is 22.6. The lowest BCUT2D eigenvalue weighted by atomic mass is 10.1. The van der Waals surface area contributed by atoms with Gasteiger partial charge < -0.3 is 10.1 Å². The highest BCUT2D eigenvalue weighted by Gasteiger charge is 2.15. The number of anilines is 2. The second-order valence-electron chi connectivity index (χ2n) is 7.49. The highest BCUT2D eigenvalue weighted by atomic mass is 32.2. The van der Waals surface area contributed by atoms with Crippen LogP contribution < -0.4 is 14.8 Å². The van der Waals surface area contributed by atoms with Crippen LogP contribution in [0.2, 0.25) is 0 Å². The minimum atomic E-state index is -3.73. The van der Waals surface area contributed by atoms with Gasteiger partial charge in [-0.15, -0.1) is 0 Å². The van der Waals surface area contributed by atoms with Crippen molar-refractivity contribution in [2.45, 2.75) is 32.6 Å². The van der Waals surface area contributed by atoms with Crippen LogP contribution in [-0.4, -0.2) is 20.9 Å². The second kappa shape index (κ2) is 9.22. The highest BCUT2D eigenvalue weighted by Crippen LogP contribution is 2.24. The largest absolute Gasteiger partial charge is 0.483 e. The van der Waals surface area contributed by atoms with Crippen molar-refractivity contribution in [1.29, 1.82) is 0 Å². The van der Waals surface area contributed by atoms with E-state index in [1.54, 1.807) is 24.3 Å². The molecular formula is C24H26N2O4S. The van der Waals surface area contributed by atoms with Gasteiger partial charge in [0.1, 0.15) is 5.75 Å². The van der Waals surface area contributed by atoms with Gasteiger partial charge in [-0.3, -0.25) is 9.52 Å². The molecule has 0 aromatic heterocycles. The molecular weight excluding hydrogens is 412 g/mol. The maximum Gasteiger partial charge on any atom is 0.262 e. The predicted octanol–water partition coefficient (Wildman–Crippen LogP) is 4.74. The summed E-state index contributed by atoms with van der Waals surface area (Å²) in [5, 5.41) is 2.72. The van der Waals surface area contributed by atoms with Crippen LogP contribution in [0, 0.1) is 27.7 Å². The lowest BCUT2D eigenvalue weighted by molar-refractivity contribution is -0.118. The maximum atomic E-state index is 12.6. The van der Waals surface area contributed by atoms with Crippen LogP contribution in [0.25, 0.3) is 0 Å². The molecule has 3 aromatic carbocycles. The lowest BCUT2D eigenvalue weighted by Crippen LogP contribution is -2.20. The van der Waals surface area contributed by atoms with Crippen molar-refractivity contribution in [2.24, 2.45) is 0 Å². The Morgan fingerprint density at radius 1 is 0.903 bits per heavy atom. The zero-order valence-corrected chi connectivity index (χ0v) is 18.8. The SMILES string of the molecule is Cc1cc(C)c(C)c(OCC(=O)Nc2ccc(S(=O)(=O)Nc3ccccc3C)cc2)c1. The summed E-state index contributed by atoms with van der Waals surface area (Å²) in [6.07, 6.45) is 0. The topological polar surface area (TPSA) is 84.5 Å². The van der Waals surface area contributed by atoms with Crippen molar-refractivity contribution in [3.63, 3.8) is 0 Å². The average Bonchev–Trinajstić information content (AvgIpc) is 2.71. The fraction of sp³-hybridized carbons (Fsp3) is 0.208. The molecule has 3 aromatic rings. The first-order chi connectivity index (χ1) is 14.7. The number of amides is 1. The third-order valence-corrected chi connectivity index (χ3v) is 6.34. The molecule has 0 heterocycles. The zero-order valence-electron chi connectivity index (χ0n) is 18.0. The number of ether oxygens (including phenoxy) is 1. The molecule has 1 amide bonds. The average molecular weight is 439 g/mol. The number of aryl methyl sites for hydroxylation is 3. The summed E-state index contributed by atoms with van der Waals surface area (Å²) < 4.78 is 33.5. The molecule has 0 unspecified atom stereocenters. The lowest BCUT2D eigenvalue weighted by Gasteiger charge is -2.13. The minimum absolute atomic E-state index is 0.107. The Morgan fingerprint density at radius 2 is 1.58 bits per heavy atom. The van der Waals surface area contributed by atoms with Gasteiger partial charge in [-0.25, -0.2) is 8.42 Å². The molecule has 0 aliphatic rings. The van der Waals surface area contributed by atoms with Crippen molar-refractivity contribution in [2.75, 3.05) is 16.6 Å². The number of carbonyl (C=O) groups excluding carboxylic acids is 1. The van der Waals surface area contributed by atoms with Crippen LogP contribution in [0.4, 0.5) is 11.4 Å². The Labute approximate surface area is 183 Å². The number of benzene rings is 3. The van der Waals surface area contributed by atoms with Gasteiger partial charge in [0, 0.05) is 5.69 Å². The molecule has 0 spiro atoms. The van der Waals surface area contributed by atoms with Gasteiger partial charge in [-0.2, -0.15) is 0 Å². The van der Waals surface area contributed by atoms with Gasteiger partial charge in [-0.1, -0.05) is 24.3 Å². The summed E-state index contributed by atoms with van der Waals surface area (Å²) >= 11 is 0. The first kappa shape index (κ1) is 22.4. The number of hydrogen-bond donors (Lipinski definition) is 2. The molecule has 0 aliphatic heterocycles. The molecule has 0 bridgehead atoms. The fourth-order valence-electron chi connectivity index (χ4n) is 3.10. The number of para-hydroxylation sites is 1. The minimum Gasteiger partial charge on any atom is -0.483 e. The third kappa shape index (κ3) is 5.64. The van der Waals surface area contributed by atoms with Gasteiger partial charge in [0.15, 0.2) is 6.61 Å². The van der Waals surface area contributed by atoms with E-state index in [1.807, 2.05) is 45.9 Å². The Hall–Kier alpha value is -3.32. The normalized spacial score (nSPS) is 11.1. The van der Waals surface area contributed by atoms with E-state index >= 15 is 0 Å². The van der Waals surface area contributed by atoms with E-state index in [0.717, 1.165) is 22.3 Å². The van der Waals surface area contributed by atoms with Crippen LogP contribution >= 0.6 is 0 Å². The second-order valence-corrected chi connectivity index (χ2v) is 9.17. The number of sulfonamides is 1. The van der Waals surface area contributed by atoms with Gasteiger partial charge in [0.05, 0.1) is 10.6 Å². The van der Waals surface area contributed by atoms with E-state index in [4.69, 9.17) is 4.74 Å². The predicted molar refractivity (Wildman–Crippen MR) is 123 cm³/mol. The Morgan fingerprint density at radius 3 is 2.26 bits per heavy atom. The smallest absolute Gasteiger partial charge is 0.262 e. The fourth-order valence-corrected chi connectivity index (χ4v) is 4.23. The van der Waals surface area contributed by atoms with Gasteiger partial charge >= 0.3 is 0 Å². The summed E-state index contributed by atoms with van der Waals surface area (Å²) in [5.41, 5.74) is 5.00. The number of nitrogens with one attached hydrogen (secondary N) is 2. The monoisotopic (exact) mass is 438 g/mol. The summed E-state index contributed by atoms with van der Waals surface area (Å²) in [6, 6.07) is 17.1. The molecule has 0 atom stereocenters. The van der Waals surface area contributed by atoms with Crippen molar-refractivity contribution in [3.8, 4) is 5.75 Å². The first-order valence-corrected chi connectivity index (χ1v) is 11.3. The van der Waals surface area contributed by atoms with Crippen molar-refractivity contribution in [1.82, 2.24) is 0 Å². The number of hydrogen-bond acceptors (Lipinski definition) is 4. The maximum absolute atomic E-state index is 12.6. The number of rotatable bonds is 7. The van der Waals surface area contributed by atoms with Crippen LogP contribution in [0.15, 0.2) is 65.6 Å². The van der Waals surface area contributed by atoms with E-state index in [9.17, 15) is 13.2 Å². The quantitative estimate of drug-likeness (QED) is 0.558. The summed E-state index contributed by atoms with van der Waals surface area (Å²) in [6.45, 7) is 7.62. The molecule has 6 nitrogen and oxygen atoms in total. The van der Waals surface area contributed by atoms with Crippen molar-refractivity contribution >= 4 is 27.3 Å². The molecule has 7 heteroatoms. The highest BCUT2D eigenvalue weighted by molar-refractivity contribution is 7.92. The van der Waals surface area contributed by atoms with Crippen molar-refractivity contribution < 1.29 is 17.9 Å². The van der Waals surface area contributed by atoms with Crippen molar-refractivity contribution in [3.05, 3.63) is 82.9 Å². The van der Waals surface area contributed by atoms with E-state index in [0.29, 0.717) is 17.1 Å². The molecule has 0 saturated carbocycles. The summed E-state index contributed by atoms with van der Waals surface area (Å²) in [7, 11) is -3.73. The molecule has 2 N–H and O–H groups in total. The molecule has 3 rings (SSSR count). The number of carbonyl (C=O) groups is 1. The van der Waals surface area contributed by atoms with E-state index < -0.39 is 10.0 Å². The van der Waals surface area contributed by atoms with Gasteiger partial charge in [0.25, 0.3) is 15.9 Å². The molecule has 0 radical (unpaired) electrons. The van der Waals surface area contributed by atoms with Gasteiger partial charge in [-0.05, 0) is 86.3 Å². The van der Waals surface area contributed by atoms with Gasteiger partial charge in [0.2, 0.25) is 0 Å². The standard InChI is InChI=1S/C24H26N2O4S/c1-16-13-18(3)19(4)23(14-16)30-15-24(27)25-20-9-11-21(12-10-20)31(28,29)26-22-8-6-5-7-17(22)2/h5-14,26H,15H2,1-4H3,(H,25,27). The molecule has 162 valence electrons. The van der Waals surface area contributed by atoms with E-state index in [2.05, 4.69) is 16.1 Å². The molecule has 0 aliphatic carbocycles. The summed E-state index contributed by atoms with van der Waals surface area (Å²) in [5.74, 6) is 0.351. The van der Waals surface area contributed by atoms with Crippen LogP contribution in [-0.2, 0) is 14.8 Å². The third-order valence-electron chi connectivity index (χ3n) is 4.96. The summed E-state index contributed by atoms with van der Waals surface area (Å²) in [4.78, 5) is 12.4. The Bertz CT molecular complexity index is 1200. The van der Waals surface area contributed by atoms with Crippen LogP contribution in [0.1, 0.15) is 22.3 Å². The Kier molecular flexibility index (Phi) is 6.65. The first-order valence-electron chi connectivity index (χ1n) is 9.85.